The van der Waals surface area contributed by atoms with Crippen LogP contribution in [0, 0.1) is 12.7 Å². The summed E-state index contributed by atoms with van der Waals surface area (Å²) in [5.74, 6) is 0.552. The Kier molecular flexibility index (Phi) is 5.10. The Morgan fingerprint density at radius 2 is 1.83 bits per heavy atom. The van der Waals surface area contributed by atoms with Crippen LogP contribution >= 0.6 is 0 Å². The van der Waals surface area contributed by atoms with Gasteiger partial charge in [0.1, 0.15) is 23.0 Å². The third-order valence-electron chi connectivity index (χ3n) is 4.78. The van der Waals surface area contributed by atoms with Crippen LogP contribution < -0.4 is 14.8 Å². The number of hydrogen-bond donors (Lipinski definition) is 1. The topological polar surface area (TPSA) is 64.9 Å². The van der Waals surface area contributed by atoms with E-state index in [2.05, 4.69) is 10.3 Å². The molecule has 152 valence electrons. The quantitative estimate of drug-likeness (QED) is 0.522. The van der Waals surface area contributed by atoms with E-state index < -0.39 is 0 Å². The number of rotatable bonds is 5. The molecule has 0 atom stereocenters. The first-order valence-corrected chi connectivity index (χ1v) is 9.29. The van der Waals surface area contributed by atoms with Gasteiger partial charge in [-0.2, -0.15) is 0 Å². The number of amides is 1. The van der Waals surface area contributed by atoms with Crippen molar-refractivity contribution >= 4 is 17.4 Å². The summed E-state index contributed by atoms with van der Waals surface area (Å²) in [5.41, 5.74) is 3.25. The molecule has 0 saturated carbocycles. The van der Waals surface area contributed by atoms with Gasteiger partial charge in [0, 0.05) is 11.8 Å². The van der Waals surface area contributed by atoms with Crippen LogP contribution in [0.15, 0.2) is 60.8 Å². The molecule has 2 aromatic carbocycles. The maximum Gasteiger partial charge on any atom is 0.260 e. The van der Waals surface area contributed by atoms with Gasteiger partial charge in [0.25, 0.3) is 5.91 Å². The summed E-state index contributed by atoms with van der Waals surface area (Å²) >= 11 is 0. The molecule has 0 aliphatic carbocycles. The SMILES string of the molecule is COc1cccc(C(=O)Nc2c(-c3ccc(F)cc3)nc3cc(C)ccn23)c1OC. The first-order valence-electron chi connectivity index (χ1n) is 9.29. The number of imidazole rings is 1. The number of pyridine rings is 1. The Morgan fingerprint density at radius 3 is 2.53 bits per heavy atom. The lowest BCUT2D eigenvalue weighted by Gasteiger charge is -2.13. The highest BCUT2D eigenvalue weighted by molar-refractivity contribution is 6.08. The fraction of sp³-hybridized carbons (Fsp3) is 0.130. The van der Waals surface area contributed by atoms with E-state index in [1.165, 1.54) is 26.4 Å². The van der Waals surface area contributed by atoms with E-state index >= 15 is 0 Å². The molecule has 0 saturated heterocycles. The standard InChI is InChI=1S/C23H20FN3O3/c1-14-11-12-27-19(13-14)25-20(15-7-9-16(24)10-8-15)22(27)26-23(28)17-5-4-6-18(29-2)21(17)30-3/h4-13H,1-3H3,(H,26,28). The molecule has 0 radical (unpaired) electrons. The predicted molar refractivity (Wildman–Crippen MR) is 113 cm³/mol. The molecule has 0 aliphatic heterocycles. The summed E-state index contributed by atoms with van der Waals surface area (Å²) in [6.45, 7) is 1.96. The maximum absolute atomic E-state index is 13.4. The number of benzene rings is 2. The van der Waals surface area contributed by atoms with Crippen molar-refractivity contribution < 1.29 is 18.7 Å². The first kappa shape index (κ1) is 19.4. The Balaban J connectivity index is 1.83. The van der Waals surface area contributed by atoms with Gasteiger partial charge in [-0.15, -0.1) is 0 Å². The summed E-state index contributed by atoms with van der Waals surface area (Å²) in [4.78, 5) is 17.8. The van der Waals surface area contributed by atoms with Crippen molar-refractivity contribution in [1.29, 1.82) is 0 Å². The number of para-hydroxylation sites is 1. The average molecular weight is 405 g/mol. The van der Waals surface area contributed by atoms with Crippen molar-refractivity contribution in [3.63, 3.8) is 0 Å². The van der Waals surface area contributed by atoms with E-state index in [9.17, 15) is 9.18 Å². The predicted octanol–water partition coefficient (Wildman–Crippen LogP) is 4.72. The number of methoxy groups -OCH3 is 2. The molecule has 1 amide bonds. The van der Waals surface area contributed by atoms with Gasteiger partial charge in [0.05, 0.1) is 19.8 Å². The Hall–Kier alpha value is -3.87. The van der Waals surface area contributed by atoms with Gasteiger partial charge < -0.3 is 14.8 Å². The first-order chi connectivity index (χ1) is 14.5. The zero-order chi connectivity index (χ0) is 21.3. The van der Waals surface area contributed by atoms with Crippen LogP contribution in [-0.2, 0) is 0 Å². The Morgan fingerprint density at radius 1 is 1.07 bits per heavy atom. The van der Waals surface area contributed by atoms with Crippen molar-refractivity contribution in [2.45, 2.75) is 6.92 Å². The summed E-state index contributed by atoms with van der Waals surface area (Å²) in [6, 6.07) is 14.9. The molecular formula is C23H20FN3O3. The van der Waals surface area contributed by atoms with Gasteiger partial charge in [-0.3, -0.25) is 9.20 Å². The van der Waals surface area contributed by atoms with E-state index in [1.807, 2.05) is 25.3 Å². The minimum Gasteiger partial charge on any atom is -0.493 e. The highest BCUT2D eigenvalue weighted by Crippen LogP contribution is 2.33. The van der Waals surface area contributed by atoms with Crippen LogP contribution in [0.5, 0.6) is 11.5 Å². The van der Waals surface area contributed by atoms with Crippen molar-refractivity contribution in [2.24, 2.45) is 0 Å². The number of anilines is 1. The van der Waals surface area contributed by atoms with Gasteiger partial charge >= 0.3 is 0 Å². The van der Waals surface area contributed by atoms with E-state index in [0.29, 0.717) is 39.8 Å². The van der Waals surface area contributed by atoms with Crippen molar-refractivity contribution in [3.8, 4) is 22.8 Å². The number of halogens is 1. The fourth-order valence-corrected chi connectivity index (χ4v) is 3.32. The second-order valence-corrected chi connectivity index (χ2v) is 6.74. The largest absolute Gasteiger partial charge is 0.493 e. The van der Waals surface area contributed by atoms with Gasteiger partial charge in [-0.25, -0.2) is 9.37 Å². The minimum absolute atomic E-state index is 0.323. The van der Waals surface area contributed by atoms with Crippen LogP contribution in [0.2, 0.25) is 0 Å². The molecule has 0 bridgehead atoms. The molecule has 4 aromatic rings. The Bertz CT molecular complexity index is 1230. The normalized spacial score (nSPS) is 10.8. The van der Waals surface area contributed by atoms with E-state index in [4.69, 9.17) is 9.47 Å². The monoisotopic (exact) mass is 405 g/mol. The van der Waals surface area contributed by atoms with Crippen LogP contribution in [-0.4, -0.2) is 29.5 Å². The lowest BCUT2D eigenvalue weighted by atomic mass is 10.1. The van der Waals surface area contributed by atoms with E-state index in [1.54, 1.807) is 34.7 Å². The second-order valence-electron chi connectivity index (χ2n) is 6.74. The van der Waals surface area contributed by atoms with Crippen LogP contribution in [0.4, 0.5) is 10.2 Å². The number of ether oxygens (including phenoxy) is 2. The third-order valence-corrected chi connectivity index (χ3v) is 4.78. The van der Waals surface area contributed by atoms with Gasteiger partial charge in [-0.05, 0) is 61.0 Å². The second kappa shape index (κ2) is 7.87. The average Bonchev–Trinajstić information content (AvgIpc) is 3.10. The molecule has 0 unspecified atom stereocenters. The number of carbonyl (C=O) groups is 1. The highest BCUT2D eigenvalue weighted by Gasteiger charge is 2.21. The lowest BCUT2D eigenvalue weighted by Crippen LogP contribution is -2.15. The molecule has 0 fully saturated rings. The third kappa shape index (κ3) is 3.45. The highest BCUT2D eigenvalue weighted by atomic mass is 19.1. The molecule has 30 heavy (non-hydrogen) atoms. The number of fused-ring (bicyclic) bond motifs is 1. The summed E-state index contributed by atoms with van der Waals surface area (Å²) in [5, 5.41) is 2.94. The Labute approximate surface area is 172 Å². The summed E-state index contributed by atoms with van der Waals surface area (Å²) in [6.07, 6.45) is 1.84. The molecule has 2 heterocycles. The molecule has 6 nitrogen and oxygen atoms in total. The molecular weight excluding hydrogens is 385 g/mol. The molecule has 4 rings (SSSR count). The minimum atomic E-state index is -0.378. The van der Waals surface area contributed by atoms with Crippen LogP contribution in [0.1, 0.15) is 15.9 Å². The molecule has 1 N–H and O–H groups in total. The van der Waals surface area contributed by atoms with E-state index in [-0.39, 0.29) is 11.7 Å². The van der Waals surface area contributed by atoms with Crippen molar-refractivity contribution in [3.05, 3.63) is 77.7 Å². The maximum atomic E-state index is 13.4. The number of carbonyl (C=O) groups excluding carboxylic acids is 1. The fourth-order valence-electron chi connectivity index (χ4n) is 3.32. The van der Waals surface area contributed by atoms with Gasteiger partial charge in [0.2, 0.25) is 0 Å². The molecule has 0 aliphatic rings. The summed E-state index contributed by atoms with van der Waals surface area (Å²) in [7, 11) is 2.99. The molecule has 2 aromatic heterocycles. The number of aromatic nitrogens is 2. The lowest BCUT2D eigenvalue weighted by molar-refractivity contribution is 0.102. The number of nitrogens with one attached hydrogen (secondary N) is 1. The number of aryl methyl sites for hydroxylation is 1. The van der Waals surface area contributed by atoms with E-state index in [0.717, 1.165) is 5.56 Å². The van der Waals surface area contributed by atoms with Crippen LogP contribution in [0.25, 0.3) is 16.9 Å². The van der Waals surface area contributed by atoms with Gasteiger partial charge in [0.15, 0.2) is 11.5 Å². The van der Waals surface area contributed by atoms with Crippen LogP contribution in [0.3, 0.4) is 0 Å². The van der Waals surface area contributed by atoms with Gasteiger partial charge in [-0.1, -0.05) is 6.07 Å². The molecule has 7 heteroatoms. The number of hydrogen-bond acceptors (Lipinski definition) is 4. The smallest absolute Gasteiger partial charge is 0.260 e. The zero-order valence-electron chi connectivity index (χ0n) is 16.8. The van der Waals surface area contributed by atoms with Crippen molar-refractivity contribution in [1.82, 2.24) is 9.38 Å². The summed E-state index contributed by atoms with van der Waals surface area (Å²) < 4.78 is 25.9. The number of nitrogens with zero attached hydrogens (tertiary/aromatic N) is 2. The zero-order valence-corrected chi connectivity index (χ0v) is 16.8. The molecule has 0 spiro atoms. The van der Waals surface area contributed by atoms with Crippen molar-refractivity contribution in [2.75, 3.05) is 19.5 Å².